The first-order chi connectivity index (χ1) is 29.2. The van der Waals surface area contributed by atoms with Crippen LogP contribution in [0, 0.1) is 0 Å². The zero-order chi connectivity index (χ0) is 42.8. The first-order valence-electron chi connectivity index (χ1n) is 16.7. The van der Waals surface area contributed by atoms with Crippen LogP contribution < -0.4 is 31.3 Å². The van der Waals surface area contributed by atoms with Crippen molar-refractivity contribution in [1.29, 1.82) is 0 Å². The molecule has 0 saturated carbocycles. The van der Waals surface area contributed by atoms with Gasteiger partial charge in [0.1, 0.15) is 0 Å². The van der Waals surface area contributed by atoms with Crippen molar-refractivity contribution in [1.82, 2.24) is 0 Å². The lowest BCUT2D eigenvalue weighted by Gasteiger charge is -2.14. The van der Waals surface area contributed by atoms with Gasteiger partial charge in [-0.2, -0.15) is 0 Å². The molecule has 24 heteroatoms. The molecule has 324 valence electrons. The Bertz CT molecular complexity index is 1970. The molecule has 6 aliphatic rings. The van der Waals surface area contributed by atoms with Crippen LogP contribution in [0.25, 0.3) is 25.4 Å². The van der Waals surface area contributed by atoms with Crippen LogP contribution >= 0.6 is 282 Å². The van der Waals surface area contributed by atoms with E-state index in [1.165, 1.54) is 108 Å². The summed E-state index contributed by atoms with van der Waals surface area (Å²) in [5, 5.41) is 8.56. The third-order valence-electron chi connectivity index (χ3n) is 8.17. The average molecular weight is 1240 g/mol. The fourth-order valence-corrected chi connectivity index (χ4v) is 36.3. The van der Waals surface area contributed by atoms with E-state index < -0.39 is 0 Å². The number of thioether (sulfide) groups is 24. The van der Waals surface area contributed by atoms with Crippen molar-refractivity contribution in [3.8, 4) is 0 Å². The Morgan fingerprint density at radius 3 is 0.317 bits per heavy atom. The highest BCUT2D eigenvalue weighted by atomic mass is 32.3. The van der Waals surface area contributed by atoms with Crippen LogP contribution in [-0.2, 0) is 0 Å². The summed E-state index contributed by atoms with van der Waals surface area (Å²) in [6, 6.07) is 0. The standard InChI is InChI=1S/C36H36S24/c1-37-25-26(38-2)50-19(49-25)13-14(20-51-27(39-3)28(40-4)52-20)16(22-55-31(43-7)32(44-8)56-22)18(24-59-35(47-11)36(48-12)60-24)17(23-57-33(45-9)34(46-10)58-23)15(13)21-53-29(41-5)30(42-6)54-21/h1-12H3. The summed E-state index contributed by atoms with van der Waals surface area (Å²) in [6.45, 7) is 0. The van der Waals surface area contributed by atoms with E-state index in [0.717, 1.165) is 0 Å². The smallest absolute Gasteiger partial charge is 0.0657 e. The number of benzene rings is 1. The molecule has 0 radical (unpaired) electrons. The second-order valence-electron chi connectivity index (χ2n) is 11.1. The summed E-state index contributed by atoms with van der Waals surface area (Å²) in [7, 11) is 0. The van der Waals surface area contributed by atoms with Crippen molar-refractivity contribution in [3.63, 3.8) is 0 Å². The van der Waals surface area contributed by atoms with E-state index in [9.17, 15) is 0 Å². The molecule has 0 saturated heterocycles. The van der Waals surface area contributed by atoms with Crippen molar-refractivity contribution in [3.05, 3.63) is 82.2 Å². The van der Waals surface area contributed by atoms with Crippen molar-refractivity contribution in [2.75, 3.05) is 75.1 Å². The topological polar surface area (TPSA) is 0 Å². The van der Waals surface area contributed by atoms with E-state index in [-0.39, 0.29) is 0 Å². The van der Waals surface area contributed by atoms with Gasteiger partial charge < -0.3 is 0 Å². The molecule has 0 aromatic heterocycles. The highest BCUT2D eigenvalue weighted by molar-refractivity contribution is 8.49. The predicted octanol–water partition coefficient (Wildman–Crippen LogP) is 16.1. The molecule has 0 amide bonds. The van der Waals surface area contributed by atoms with Crippen molar-refractivity contribution >= 4 is 308 Å². The second kappa shape index (κ2) is 25.1. The van der Waals surface area contributed by atoms with Crippen LogP contribution in [0.2, 0.25) is 0 Å². The van der Waals surface area contributed by atoms with Crippen LogP contribution in [0.3, 0.4) is 0 Å². The normalized spacial score (nSPS) is 20.4. The molecule has 7 rings (SSSR count). The monoisotopic (exact) mass is 1240 g/mol. The van der Waals surface area contributed by atoms with Crippen LogP contribution in [0.15, 0.2) is 50.8 Å². The Balaban J connectivity index is 1.88. The Hall–Kier alpha value is 5.28. The van der Waals surface area contributed by atoms with E-state index in [0.29, 0.717) is 0 Å². The van der Waals surface area contributed by atoms with Gasteiger partial charge >= 0.3 is 0 Å². The van der Waals surface area contributed by atoms with E-state index in [2.05, 4.69) is 75.1 Å². The molecule has 0 spiro atoms. The Morgan fingerprint density at radius 1 is 0.167 bits per heavy atom. The second-order valence-corrected chi connectivity index (χ2v) is 37.8. The average Bonchev–Trinajstić information content (AvgIpc) is 4.15. The lowest BCUT2D eigenvalue weighted by molar-refractivity contribution is 1.31. The van der Waals surface area contributed by atoms with Gasteiger partial charge in [0.2, 0.25) is 0 Å². The quantitative estimate of drug-likeness (QED) is 0.195. The molecule has 0 unspecified atom stereocenters. The summed E-state index contributed by atoms with van der Waals surface area (Å²) in [4.78, 5) is 0. The minimum atomic E-state index is 1.41. The molecule has 0 N–H and O–H groups in total. The molecule has 1 aromatic rings. The van der Waals surface area contributed by atoms with Gasteiger partial charge in [-0.25, -0.2) is 0 Å². The van der Waals surface area contributed by atoms with E-state index in [1.54, 1.807) is 0 Å². The zero-order valence-electron chi connectivity index (χ0n) is 33.8. The summed E-state index contributed by atoms with van der Waals surface area (Å²) >= 11 is 46.9. The van der Waals surface area contributed by atoms with E-state index in [1.807, 2.05) is 282 Å². The van der Waals surface area contributed by atoms with Gasteiger partial charge in [-0.05, 0) is 75.1 Å². The summed E-state index contributed by atoms with van der Waals surface area (Å²) in [6.07, 6.45) is 27.1. The van der Waals surface area contributed by atoms with E-state index in [4.69, 9.17) is 0 Å². The highest BCUT2D eigenvalue weighted by Crippen LogP contribution is 2.62. The molecule has 1 aromatic carbocycles. The summed E-state index contributed by atoms with van der Waals surface area (Å²) in [5.74, 6) is 0. The third-order valence-corrected chi connectivity index (χ3v) is 39.5. The SMILES string of the molecule is CSC1=C(SC)SC(=c2c(=C3SC(SC)=C(SC)S3)c(=C3SC(SC)=C(SC)S3)c(=C3SC(SC)=C(SC)S3)c(=C3SC(SC)=C(SC)S3)c2=C2SC(SC)=C(SC)S2)S1. The molecule has 0 aliphatic carbocycles. The maximum absolute atomic E-state index is 2.25. The first kappa shape index (κ1) is 53.1. The number of rotatable bonds is 12. The van der Waals surface area contributed by atoms with Crippen molar-refractivity contribution in [2.45, 2.75) is 0 Å². The van der Waals surface area contributed by atoms with Crippen LogP contribution in [0.4, 0.5) is 0 Å². The molecule has 6 heterocycles. The van der Waals surface area contributed by atoms with Gasteiger partial charge in [-0.1, -0.05) is 141 Å². The fraction of sp³-hybridized carbons (Fsp3) is 0.333. The van der Waals surface area contributed by atoms with Crippen LogP contribution in [0.5, 0.6) is 0 Å². The minimum Gasteiger partial charge on any atom is -0.121 e. The fourth-order valence-electron chi connectivity index (χ4n) is 5.72. The van der Waals surface area contributed by atoms with Gasteiger partial charge in [0, 0.05) is 31.3 Å². The Kier molecular flexibility index (Phi) is 22.2. The third kappa shape index (κ3) is 11.0. The predicted molar refractivity (Wildman–Crippen MR) is 340 cm³/mol. The van der Waals surface area contributed by atoms with Crippen LogP contribution in [-0.4, -0.2) is 75.1 Å². The number of hydrogen-bond acceptors (Lipinski definition) is 24. The first-order valence-corrected chi connectivity index (χ1v) is 41.2. The van der Waals surface area contributed by atoms with E-state index >= 15 is 0 Å². The molecule has 0 fully saturated rings. The highest BCUT2D eigenvalue weighted by Gasteiger charge is 2.34. The van der Waals surface area contributed by atoms with Gasteiger partial charge in [0.15, 0.2) is 0 Å². The maximum atomic E-state index is 2.25. The van der Waals surface area contributed by atoms with Gasteiger partial charge in [0.25, 0.3) is 0 Å². The summed E-state index contributed by atoms with van der Waals surface area (Å²) in [5.41, 5.74) is 0. The largest absolute Gasteiger partial charge is 0.121 e. The Labute approximate surface area is 457 Å². The van der Waals surface area contributed by atoms with Crippen molar-refractivity contribution < 1.29 is 0 Å². The lowest BCUT2D eigenvalue weighted by atomic mass is 10.1. The summed E-state index contributed by atoms with van der Waals surface area (Å²) < 4.78 is 25.4. The van der Waals surface area contributed by atoms with Crippen molar-refractivity contribution in [2.24, 2.45) is 0 Å². The molecule has 0 nitrogen and oxygen atoms in total. The Morgan fingerprint density at radius 2 is 0.250 bits per heavy atom. The molecule has 60 heavy (non-hydrogen) atoms. The minimum absolute atomic E-state index is 1.41. The molecular weight excluding hydrogens is 1200 g/mol. The molecule has 0 bridgehead atoms. The zero-order valence-corrected chi connectivity index (χ0v) is 53.4. The molecule has 0 atom stereocenters. The maximum Gasteiger partial charge on any atom is 0.0657 e. The molecular formula is C36H36S24. The van der Waals surface area contributed by atoms with Gasteiger partial charge in [-0.15, -0.1) is 141 Å². The molecule has 6 aliphatic heterocycles. The van der Waals surface area contributed by atoms with Gasteiger partial charge in [0.05, 0.1) is 76.3 Å². The number of hydrogen-bond donors (Lipinski definition) is 0. The van der Waals surface area contributed by atoms with Gasteiger partial charge in [-0.3, -0.25) is 0 Å². The lowest BCUT2D eigenvalue weighted by Crippen LogP contribution is -2.67. The van der Waals surface area contributed by atoms with Crippen LogP contribution in [0.1, 0.15) is 0 Å².